The highest BCUT2D eigenvalue weighted by molar-refractivity contribution is 6.30. The molecule has 1 saturated heterocycles. The summed E-state index contributed by atoms with van der Waals surface area (Å²) in [5.41, 5.74) is 0.503. The summed E-state index contributed by atoms with van der Waals surface area (Å²) in [4.78, 5) is 24.7. The second-order valence-corrected chi connectivity index (χ2v) is 7.82. The van der Waals surface area contributed by atoms with Gasteiger partial charge in [0.05, 0.1) is 5.69 Å². The SMILES string of the molecule is CC(=O)Nc1ccccc1OCC(O)CN1C[C@@H](Oc2ccc(Cl)cc2)C[C@H]1C(=O)O.Cl. The third-order valence-electron chi connectivity index (χ3n) is 4.84. The molecule has 3 N–H and O–H groups in total. The molecule has 174 valence electrons. The molecule has 2 aromatic rings. The number of halogens is 2. The van der Waals surface area contributed by atoms with Crippen LogP contribution >= 0.6 is 24.0 Å². The Morgan fingerprint density at radius 2 is 1.91 bits per heavy atom. The number of amides is 1. The number of nitrogens with one attached hydrogen (secondary N) is 1. The second kappa shape index (κ2) is 11.9. The summed E-state index contributed by atoms with van der Waals surface area (Å²) in [6.07, 6.45) is -0.950. The minimum Gasteiger partial charge on any atom is -0.489 e. The summed E-state index contributed by atoms with van der Waals surface area (Å²) in [7, 11) is 0. The van der Waals surface area contributed by atoms with Crippen LogP contribution in [0, 0.1) is 0 Å². The van der Waals surface area contributed by atoms with Gasteiger partial charge in [-0.05, 0) is 36.4 Å². The van der Waals surface area contributed by atoms with Crippen molar-refractivity contribution >= 4 is 41.6 Å². The number of anilines is 1. The number of aliphatic hydroxyl groups excluding tert-OH is 1. The Morgan fingerprint density at radius 3 is 2.56 bits per heavy atom. The van der Waals surface area contributed by atoms with E-state index in [2.05, 4.69) is 5.32 Å². The van der Waals surface area contributed by atoms with E-state index in [-0.39, 0.29) is 37.6 Å². The maximum absolute atomic E-state index is 11.7. The summed E-state index contributed by atoms with van der Waals surface area (Å²) < 4.78 is 11.5. The van der Waals surface area contributed by atoms with Crippen molar-refractivity contribution in [3.05, 3.63) is 53.6 Å². The van der Waals surface area contributed by atoms with Crippen LogP contribution in [0.3, 0.4) is 0 Å². The van der Waals surface area contributed by atoms with Crippen molar-refractivity contribution in [1.29, 1.82) is 0 Å². The maximum Gasteiger partial charge on any atom is 0.321 e. The zero-order valence-corrected chi connectivity index (χ0v) is 19.0. The Labute approximate surface area is 197 Å². The van der Waals surface area contributed by atoms with E-state index in [0.29, 0.717) is 35.2 Å². The van der Waals surface area contributed by atoms with Crippen molar-refractivity contribution in [2.24, 2.45) is 0 Å². The number of aliphatic carboxylic acids is 1. The fourth-order valence-electron chi connectivity index (χ4n) is 3.51. The lowest BCUT2D eigenvalue weighted by Crippen LogP contribution is -2.42. The molecule has 2 aromatic carbocycles. The van der Waals surface area contributed by atoms with Crippen LogP contribution < -0.4 is 14.8 Å². The molecule has 0 spiro atoms. The first-order valence-corrected chi connectivity index (χ1v) is 10.3. The van der Waals surface area contributed by atoms with Crippen LogP contribution in [0.4, 0.5) is 5.69 Å². The predicted molar refractivity (Wildman–Crippen MR) is 123 cm³/mol. The largest absolute Gasteiger partial charge is 0.489 e. The minimum atomic E-state index is -0.966. The topological polar surface area (TPSA) is 108 Å². The number of para-hydroxylation sites is 2. The number of hydrogen-bond acceptors (Lipinski definition) is 6. The van der Waals surface area contributed by atoms with E-state index in [1.165, 1.54) is 6.92 Å². The minimum absolute atomic E-state index is 0. The standard InChI is InChI=1S/C22H25ClN2O6.ClH/c1-14(26)24-19-4-2-3-5-21(19)30-13-16(27)11-25-12-18(10-20(25)22(28)29)31-17-8-6-15(23)7-9-17;/h2-9,16,18,20,27H,10-13H2,1H3,(H,24,26)(H,28,29);1H/t16?,18-,20-;/m0./s1. The van der Waals surface area contributed by atoms with Gasteiger partial charge in [0.15, 0.2) is 0 Å². The molecule has 0 bridgehead atoms. The molecule has 0 aromatic heterocycles. The monoisotopic (exact) mass is 484 g/mol. The Kier molecular flexibility index (Phi) is 9.59. The number of likely N-dealkylation sites (tertiary alicyclic amines) is 1. The Bertz CT molecular complexity index is 912. The summed E-state index contributed by atoms with van der Waals surface area (Å²) in [5, 5.41) is 23.3. The zero-order chi connectivity index (χ0) is 22.4. The molecule has 1 heterocycles. The highest BCUT2D eigenvalue weighted by atomic mass is 35.5. The first kappa shape index (κ1) is 25.7. The normalized spacial score (nSPS) is 19.0. The van der Waals surface area contributed by atoms with Gasteiger partial charge in [-0.3, -0.25) is 14.5 Å². The summed E-state index contributed by atoms with van der Waals surface area (Å²) in [6, 6.07) is 13.0. The molecule has 0 aliphatic carbocycles. The van der Waals surface area contributed by atoms with Crippen molar-refractivity contribution in [3.8, 4) is 11.5 Å². The summed E-state index contributed by atoms with van der Waals surface area (Å²) >= 11 is 5.88. The molecule has 3 rings (SSSR count). The lowest BCUT2D eigenvalue weighted by Gasteiger charge is -2.24. The Morgan fingerprint density at radius 1 is 1.22 bits per heavy atom. The Balaban J connectivity index is 0.00000363. The lowest BCUT2D eigenvalue weighted by atomic mass is 10.2. The molecule has 0 radical (unpaired) electrons. The molecule has 32 heavy (non-hydrogen) atoms. The van der Waals surface area contributed by atoms with Crippen molar-refractivity contribution in [2.75, 3.05) is 25.0 Å². The number of β-amino-alcohol motifs (C(OH)–C–C–N with tert-alkyl or cyclic N) is 1. The van der Waals surface area contributed by atoms with Gasteiger partial charge >= 0.3 is 5.97 Å². The molecule has 1 aliphatic heterocycles. The molecule has 1 aliphatic rings. The van der Waals surface area contributed by atoms with Gasteiger partial charge in [-0.1, -0.05) is 23.7 Å². The van der Waals surface area contributed by atoms with Crippen LogP contribution in [0.2, 0.25) is 5.02 Å². The van der Waals surface area contributed by atoms with E-state index in [4.69, 9.17) is 21.1 Å². The highest BCUT2D eigenvalue weighted by Gasteiger charge is 2.38. The molecule has 0 saturated carbocycles. The van der Waals surface area contributed by atoms with Gasteiger partial charge in [0.2, 0.25) is 5.91 Å². The first-order chi connectivity index (χ1) is 14.8. The van der Waals surface area contributed by atoms with E-state index in [1.807, 2.05) is 0 Å². The van der Waals surface area contributed by atoms with Crippen molar-refractivity contribution < 1.29 is 29.3 Å². The van der Waals surface area contributed by atoms with Crippen LogP contribution in [0.5, 0.6) is 11.5 Å². The number of rotatable bonds is 9. The third-order valence-corrected chi connectivity index (χ3v) is 5.09. The van der Waals surface area contributed by atoms with Gasteiger partial charge in [-0.25, -0.2) is 0 Å². The van der Waals surface area contributed by atoms with Gasteiger partial charge in [0.1, 0.15) is 36.4 Å². The number of carbonyl (C=O) groups is 2. The van der Waals surface area contributed by atoms with E-state index >= 15 is 0 Å². The molecule has 1 fully saturated rings. The van der Waals surface area contributed by atoms with Gasteiger partial charge in [0.25, 0.3) is 0 Å². The van der Waals surface area contributed by atoms with Crippen molar-refractivity contribution in [1.82, 2.24) is 4.90 Å². The Hall–Kier alpha value is -2.52. The number of carboxylic acid groups (broad SMARTS) is 1. The molecule has 1 amide bonds. The quantitative estimate of drug-likeness (QED) is 0.501. The zero-order valence-electron chi connectivity index (χ0n) is 17.4. The van der Waals surface area contributed by atoms with E-state index in [9.17, 15) is 19.8 Å². The highest BCUT2D eigenvalue weighted by Crippen LogP contribution is 2.26. The number of nitrogens with zero attached hydrogens (tertiary/aromatic N) is 1. The number of aliphatic hydroxyl groups is 1. The van der Waals surface area contributed by atoms with Crippen LogP contribution in [-0.4, -0.2) is 64.9 Å². The summed E-state index contributed by atoms with van der Waals surface area (Å²) in [5.74, 6) is -0.160. The molecule has 10 heteroatoms. The third kappa shape index (κ3) is 7.27. The van der Waals surface area contributed by atoms with Gasteiger partial charge < -0.3 is 25.0 Å². The number of carboxylic acids is 1. The van der Waals surface area contributed by atoms with E-state index < -0.39 is 18.1 Å². The number of hydrogen-bond donors (Lipinski definition) is 3. The average Bonchev–Trinajstić information content (AvgIpc) is 3.11. The fraction of sp³-hybridized carbons (Fsp3) is 0.364. The molecular formula is C22H26Cl2N2O6. The smallest absolute Gasteiger partial charge is 0.321 e. The number of ether oxygens (including phenoxy) is 2. The molecule has 8 nitrogen and oxygen atoms in total. The predicted octanol–water partition coefficient (Wildman–Crippen LogP) is 3.07. The average molecular weight is 485 g/mol. The fourth-order valence-corrected chi connectivity index (χ4v) is 3.63. The maximum atomic E-state index is 11.7. The number of benzene rings is 2. The van der Waals surface area contributed by atoms with Crippen molar-refractivity contribution in [2.45, 2.75) is 31.6 Å². The van der Waals surface area contributed by atoms with Gasteiger partial charge in [0, 0.05) is 31.5 Å². The van der Waals surface area contributed by atoms with Gasteiger partial charge in [-0.2, -0.15) is 0 Å². The summed E-state index contributed by atoms with van der Waals surface area (Å²) in [6.45, 7) is 1.81. The van der Waals surface area contributed by atoms with Crippen molar-refractivity contribution in [3.63, 3.8) is 0 Å². The van der Waals surface area contributed by atoms with E-state index in [0.717, 1.165) is 0 Å². The molecule has 1 unspecified atom stereocenters. The van der Waals surface area contributed by atoms with Crippen LogP contribution in [0.1, 0.15) is 13.3 Å². The van der Waals surface area contributed by atoms with Gasteiger partial charge in [-0.15, -0.1) is 12.4 Å². The molecular weight excluding hydrogens is 459 g/mol. The number of carbonyl (C=O) groups excluding carboxylic acids is 1. The van der Waals surface area contributed by atoms with Crippen LogP contribution in [-0.2, 0) is 9.59 Å². The first-order valence-electron chi connectivity index (χ1n) is 9.88. The lowest BCUT2D eigenvalue weighted by molar-refractivity contribution is -0.142. The molecule has 3 atom stereocenters. The second-order valence-electron chi connectivity index (χ2n) is 7.38. The van der Waals surface area contributed by atoms with E-state index in [1.54, 1.807) is 53.4 Å². The van der Waals surface area contributed by atoms with Crippen LogP contribution in [0.15, 0.2) is 48.5 Å². The van der Waals surface area contributed by atoms with Crippen LogP contribution in [0.25, 0.3) is 0 Å².